The van der Waals surface area contributed by atoms with Gasteiger partial charge in [-0.1, -0.05) is 6.92 Å². The molecule has 0 atom stereocenters. The number of quaternary nitrogens is 1. The van der Waals surface area contributed by atoms with E-state index in [9.17, 15) is 8.42 Å². The zero-order chi connectivity index (χ0) is 17.4. The van der Waals surface area contributed by atoms with Crippen LogP contribution >= 0.6 is 0 Å². The predicted molar refractivity (Wildman–Crippen MR) is 94.7 cm³/mol. The van der Waals surface area contributed by atoms with Gasteiger partial charge in [0.2, 0.25) is 10.0 Å². The third-order valence-corrected chi connectivity index (χ3v) is 7.74. The van der Waals surface area contributed by atoms with E-state index in [1.807, 2.05) is 27.7 Å². The van der Waals surface area contributed by atoms with Crippen molar-refractivity contribution >= 4 is 10.0 Å². The predicted octanol–water partition coefficient (Wildman–Crippen LogP) is 1.53. The summed E-state index contributed by atoms with van der Waals surface area (Å²) in [4.78, 5) is 2.06. The van der Waals surface area contributed by atoms with Crippen LogP contribution in [0.1, 0.15) is 41.2 Å². The lowest BCUT2D eigenvalue weighted by Gasteiger charge is -2.32. The molecule has 130 valence electrons. The van der Waals surface area contributed by atoms with Crippen molar-refractivity contribution in [2.75, 3.05) is 32.7 Å². The van der Waals surface area contributed by atoms with Crippen LogP contribution in [0, 0.1) is 34.6 Å². The molecule has 0 radical (unpaired) electrons. The van der Waals surface area contributed by atoms with Crippen LogP contribution in [0.2, 0.25) is 0 Å². The minimum atomic E-state index is -3.40. The Kier molecular flexibility index (Phi) is 5.54. The van der Waals surface area contributed by atoms with Gasteiger partial charge in [0.25, 0.3) is 0 Å². The highest BCUT2D eigenvalue weighted by atomic mass is 32.2. The van der Waals surface area contributed by atoms with Crippen LogP contribution < -0.4 is 4.90 Å². The maximum atomic E-state index is 13.2. The molecule has 1 aromatic carbocycles. The normalized spacial score (nSPS) is 17.7. The molecule has 1 aliphatic heterocycles. The molecule has 0 unspecified atom stereocenters. The fourth-order valence-electron chi connectivity index (χ4n) is 3.63. The number of nitrogens with one attached hydrogen (secondary N) is 1. The molecule has 4 nitrogen and oxygen atoms in total. The summed E-state index contributed by atoms with van der Waals surface area (Å²) >= 11 is 0. The summed E-state index contributed by atoms with van der Waals surface area (Å²) in [5.74, 6) is 0. The van der Waals surface area contributed by atoms with Gasteiger partial charge < -0.3 is 4.90 Å². The molecule has 0 bridgehead atoms. The zero-order valence-electron chi connectivity index (χ0n) is 15.4. The Morgan fingerprint density at radius 1 is 0.870 bits per heavy atom. The van der Waals surface area contributed by atoms with Crippen LogP contribution in [-0.4, -0.2) is 45.4 Å². The summed E-state index contributed by atoms with van der Waals surface area (Å²) in [6.07, 6.45) is 1.15. The van der Waals surface area contributed by atoms with Crippen molar-refractivity contribution in [2.24, 2.45) is 0 Å². The van der Waals surface area contributed by atoms with Gasteiger partial charge >= 0.3 is 0 Å². The molecule has 0 aromatic heterocycles. The largest absolute Gasteiger partial charge is 0.333 e. The monoisotopic (exact) mass is 339 g/mol. The van der Waals surface area contributed by atoms with E-state index in [0.717, 1.165) is 48.3 Å². The SMILES string of the molecule is CCC[NH+]1CCN(S(=O)(=O)c2c(C)c(C)c(C)c(C)c2C)CC1. The lowest BCUT2D eigenvalue weighted by molar-refractivity contribution is -0.903. The first-order valence-electron chi connectivity index (χ1n) is 8.62. The van der Waals surface area contributed by atoms with Gasteiger partial charge in [-0.15, -0.1) is 0 Å². The number of nitrogens with zero attached hydrogens (tertiary/aromatic N) is 1. The molecule has 1 saturated heterocycles. The van der Waals surface area contributed by atoms with E-state index in [1.54, 1.807) is 4.31 Å². The minimum absolute atomic E-state index is 0.539. The molecule has 5 heteroatoms. The topological polar surface area (TPSA) is 41.8 Å². The molecule has 1 heterocycles. The van der Waals surface area contributed by atoms with E-state index in [1.165, 1.54) is 10.5 Å². The van der Waals surface area contributed by atoms with Crippen LogP contribution in [0.4, 0.5) is 0 Å². The Morgan fingerprint density at radius 2 is 1.30 bits per heavy atom. The Labute approximate surface area is 141 Å². The highest BCUT2D eigenvalue weighted by Crippen LogP contribution is 2.31. The van der Waals surface area contributed by atoms with Gasteiger partial charge in [-0.05, 0) is 68.9 Å². The van der Waals surface area contributed by atoms with E-state index in [-0.39, 0.29) is 0 Å². The van der Waals surface area contributed by atoms with Crippen molar-refractivity contribution in [1.29, 1.82) is 0 Å². The molecule has 1 aliphatic rings. The van der Waals surface area contributed by atoms with E-state index < -0.39 is 10.0 Å². The third-order valence-electron chi connectivity index (χ3n) is 5.56. The summed E-state index contributed by atoms with van der Waals surface area (Å²) < 4.78 is 28.1. The van der Waals surface area contributed by atoms with Gasteiger partial charge in [0.05, 0.1) is 37.6 Å². The van der Waals surface area contributed by atoms with Crippen molar-refractivity contribution in [2.45, 2.75) is 52.9 Å². The first-order valence-corrected chi connectivity index (χ1v) is 10.1. The second kappa shape index (κ2) is 6.91. The first-order chi connectivity index (χ1) is 10.7. The number of hydrogen-bond donors (Lipinski definition) is 1. The average Bonchev–Trinajstić information content (AvgIpc) is 2.52. The van der Waals surface area contributed by atoms with Crippen molar-refractivity contribution in [3.05, 3.63) is 27.8 Å². The zero-order valence-corrected chi connectivity index (χ0v) is 16.2. The first kappa shape index (κ1) is 18.4. The summed E-state index contributed by atoms with van der Waals surface area (Å²) in [6.45, 7) is 16.4. The highest BCUT2D eigenvalue weighted by Gasteiger charge is 2.33. The molecule has 1 aromatic rings. The molecular weight excluding hydrogens is 308 g/mol. The van der Waals surface area contributed by atoms with Gasteiger partial charge in [-0.2, -0.15) is 4.31 Å². The second-order valence-corrected chi connectivity index (χ2v) is 8.73. The lowest BCUT2D eigenvalue weighted by atomic mass is 9.95. The summed E-state index contributed by atoms with van der Waals surface area (Å²) in [5.41, 5.74) is 5.22. The van der Waals surface area contributed by atoms with Gasteiger partial charge in [0.1, 0.15) is 0 Å². The maximum Gasteiger partial charge on any atom is 0.244 e. The van der Waals surface area contributed by atoms with E-state index >= 15 is 0 Å². The lowest BCUT2D eigenvalue weighted by Crippen LogP contribution is -3.14. The summed E-state index contributed by atoms with van der Waals surface area (Å²) in [7, 11) is -3.40. The Hall–Kier alpha value is -0.910. The Morgan fingerprint density at radius 3 is 1.74 bits per heavy atom. The highest BCUT2D eigenvalue weighted by molar-refractivity contribution is 7.89. The maximum absolute atomic E-state index is 13.2. The van der Waals surface area contributed by atoms with Crippen LogP contribution in [0.15, 0.2) is 4.90 Å². The summed E-state index contributed by atoms with van der Waals surface area (Å²) in [5, 5.41) is 0. The number of sulfonamides is 1. The van der Waals surface area contributed by atoms with Crippen molar-refractivity contribution < 1.29 is 13.3 Å². The minimum Gasteiger partial charge on any atom is -0.333 e. The average molecular weight is 340 g/mol. The summed E-state index contributed by atoms with van der Waals surface area (Å²) in [6, 6.07) is 0. The van der Waals surface area contributed by atoms with Crippen LogP contribution in [-0.2, 0) is 10.0 Å². The molecule has 1 N–H and O–H groups in total. The number of rotatable bonds is 4. The molecular formula is C18H31N2O2S+. The van der Waals surface area contributed by atoms with Gasteiger partial charge in [-0.25, -0.2) is 8.42 Å². The molecule has 2 rings (SSSR count). The van der Waals surface area contributed by atoms with Crippen molar-refractivity contribution in [3.63, 3.8) is 0 Å². The number of hydrogen-bond acceptors (Lipinski definition) is 2. The van der Waals surface area contributed by atoms with Gasteiger partial charge in [-0.3, -0.25) is 0 Å². The fourth-order valence-corrected chi connectivity index (χ4v) is 5.63. The Bertz CT molecular complexity index is 658. The second-order valence-electron chi connectivity index (χ2n) is 6.86. The van der Waals surface area contributed by atoms with Crippen LogP contribution in [0.25, 0.3) is 0 Å². The number of benzene rings is 1. The van der Waals surface area contributed by atoms with Gasteiger partial charge in [0.15, 0.2) is 0 Å². The molecule has 23 heavy (non-hydrogen) atoms. The molecule has 0 amide bonds. The molecule has 0 spiro atoms. The van der Waals surface area contributed by atoms with E-state index in [4.69, 9.17) is 0 Å². The molecule has 1 fully saturated rings. The van der Waals surface area contributed by atoms with Crippen LogP contribution in [0.3, 0.4) is 0 Å². The van der Waals surface area contributed by atoms with E-state index in [2.05, 4.69) is 13.8 Å². The van der Waals surface area contributed by atoms with Crippen molar-refractivity contribution in [3.8, 4) is 0 Å². The molecule has 0 saturated carbocycles. The Balaban J connectivity index is 2.39. The molecule has 0 aliphatic carbocycles. The smallest absolute Gasteiger partial charge is 0.244 e. The van der Waals surface area contributed by atoms with Gasteiger partial charge in [0, 0.05) is 0 Å². The quantitative estimate of drug-likeness (QED) is 0.904. The third kappa shape index (κ3) is 3.32. The number of piperazine rings is 1. The van der Waals surface area contributed by atoms with Crippen LogP contribution in [0.5, 0.6) is 0 Å². The standard InChI is InChI=1S/C18H30N2O2S/c1-7-8-19-9-11-20(12-10-19)23(21,22)18-16(5)14(3)13(2)15(4)17(18)6/h7-12H2,1-6H3/p+1. The van der Waals surface area contributed by atoms with E-state index in [0.29, 0.717) is 18.0 Å². The van der Waals surface area contributed by atoms with Crippen molar-refractivity contribution in [1.82, 2.24) is 4.31 Å². The fraction of sp³-hybridized carbons (Fsp3) is 0.667.